The van der Waals surface area contributed by atoms with E-state index in [1.165, 1.54) is 5.56 Å². The van der Waals surface area contributed by atoms with Crippen LogP contribution in [0.4, 0.5) is 5.82 Å². The summed E-state index contributed by atoms with van der Waals surface area (Å²) < 4.78 is 1.79. The maximum absolute atomic E-state index is 9.20. The van der Waals surface area contributed by atoms with Gasteiger partial charge in [0.05, 0.1) is 11.8 Å². The molecule has 1 N–H and O–H groups in total. The average Bonchev–Trinajstić information content (AvgIpc) is 3.13. The van der Waals surface area contributed by atoms with Gasteiger partial charge in [-0.3, -0.25) is 4.68 Å². The minimum absolute atomic E-state index is 0.645. The van der Waals surface area contributed by atoms with Crippen molar-refractivity contribution in [3.63, 3.8) is 0 Å². The van der Waals surface area contributed by atoms with Gasteiger partial charge in [-0.05, 0) is 37.3 Å². The number of nitrogens with one attached hydrogen (secondary N) is 1. The van der Waals surface area contributed by atoms with E-state index in [1.54, 1.807) is 10.9 Å². The summed E-state index contributed by atoms with van der Waals surface area (Å²) >= 11 is 0. The number of rotatable bonds is 5. The first-order valence-corrected chi connectivity index (χ1v) is 6.87. The average molecular weight is 268 g/mol. The van der Waals surface area contributed by atoms with E-state index in [2.05, 4.69) is 26.7 Å². The zero-order valence-electron chi connectivity index (χ0n) is 11.2. The molecule has 0 fully saturated rings. The smallest absolute Gasteiger partial charge is 0.144 e. The summed E-state index contributed by atoms with van der Waals surface area (Å²) in [6.45, 7) is 1.57. The molecule has 0 spiro atoms. The highest BCUT2D eigenvalue weighted by Crippen LogP contribution is 2.24. The highest BCUT2D eigenvalue weighted by Gasteiger charge is 2.16. The third-order valence-corrected chi connectivity index (χ3v) is 3.50. The van der Waals surface area contributed by atoms with Crippen molar-refractivity contribution in [3.8, 4) is 6.07 Å². The van der Waals surface area contributed by atoms with Gasteiger partial charge in [0.1, 0.15) is 11.9 Å². The van der Waals surface area contributed by atoms with Crippen LogP contribution in [0.5, 0.6) is 0 Å². The fraction of sp³-hybridized carbons (Fsp3) is 0.429. The zero-order valence-corrected chi connectivity index (χ0v) is 11.2. The monoisotopic (exact) mass is 268 g/mol. The Kier molecular flexibility index (Phi) is 3.59. The third-order valence-electron chi connectivity index (χ3n) is 3.50. The van der Waals surface area contributed by atoms with Gasteiger partial charge in [0.2, 0.25) is 0 Å². The van der Waals surface area contributed by atoms with E-state index < -0.39 is 0 Å². The second kappa shape index (κ2) is 5.70. The first-order chi connectivity index (χ1) is 9.86. The number of hydrogen-bond acceptors (Lipinski definition) is 5. The molecule has 2 aromatic heterocycles. The predicted molar refractivity (Wildman–Crippen MR) is 74.1 cm³/mol. The molecule has 1 aliphatic carbocycles. The molecular weight excluding hydrogens is 252 g/mol. The standard InChI is InChI=1S/C14H16N6/c15-10-12-9-11-3-1-4-13(11)18-14(12)16-5-2-7-20-8-6-17-19-20/h6,8-9H,1-5,7H2,(H,16,18). The number of aromatic nitrogens is 4. The second-order valence-corrected chi connectivity index (χ2v) is 4.90. The topological polar surface area (TPSA) is 79.4 Å². The minimum Gasteiger partial charge on any atom is -0.369 e. The van der Waals surface area contributed by atoms with E-state index in [0.29, 0.717) is 11.4 Å². The Morgan fingerprint density at radius 3 is 3.15 bits per heavy atom. The van der Waals surface area contributed by atoms with E-state index in [-0.39, 0.29) is 0 Å². The maximum atomic E-state index is 9.20. The molecule has 6 nitrogen and oxygen atoms in total. The molecule has 6 heteroatoms. The highest BCUT2D eigenvalue weighted by molar-refractivity contribution is 5.55. The van der Waals surface area contributed by atoms with E-state index in [9.17, 15) is 5.26 Å². The Hall–Kier alpha value is -2.42. The predicted octanol–water partition coefficient (Wildman–Crippen LogP) is 1.54. The summed E-state index contributed by atoms with van der Waals surface area (Å²) in [6.07, 6.45) is 7.63. The molecule has 2 heterocycles. The van der Waals surface area contributed by atoms with Gasteiger partial charge in [0, 0.05) is 25.0 Å². The van der Waals surface area contributed by atoms with Gasteiger partial charge >= 0.3 is 0 Å². The van der Waals surface area contributed by atoms with E-state index in [0.717, 1.165) is 44.5 Å². The molecular formula is C14H16N6. The van der Waals surface area contributed by atoms with Crippen LogP contribution < -0.4 is 5.32 Å². The van der Waals surface area contributed by atoms with Gasteiger partial charge in [0.15, 0.2) is 0 Å². The minimum atomic E-state index is 0.645. The number of aryl methyl sites for hydroxylation is 3. The van der Waals surface area contributed by atoms with Crippen molar-refractivity contribution in [2.24, 2.45) is 0 Å². The van der Waals surface area contributed by atoms with Gasteiger partial charge < -0.3 is 5.32 Å². The summed E-state index contributed by atoms with van der Waals surface area (Å²) in [5.41, 5.74) is 3.02. The van der Waals surface area contributed by atoms with Crippen LogP contribution >= 0.6 is 0 Å². The number of anilines is 1. The molecule has 2 aromatic rings. The number of nitrogens with zero attached hydrogens (tertiary/aromatic N) is 5. The fourth-order valence-electron chi connectivity index (χ4n) is 2.49. The van der Waals surface area contributed by atoms with Gasteiger partial charge in [-0.15, -0.1) is 5.10 Å². The second-order valence-electron chi connectivity index (χ2n) is 4.90. The lowest BCUT2D eigenvalue weighted by molar-refractivity contribution is 0.569. The van der Waals surface area contributed by atoms with Crippen LogP contribution in [0.2, 0.25) is 0 Å². The van der Waals surface area contributed by atoms with Gasteiger partial charge in [-0.25, -0.2) is 4.98 Å². The summed E-state index contributed by atoms with van der Waals surface area (Å²) in [6, 6.07) is 4.21. The molecule has 0 saturated carbocycles. The Labute approximate surface area is 117 Å². The van der Waals surface area contributed by atoms with Crippen molar-refractivity contribution in [1.29, 1.82) is 5.26 Å². The highest BCUT2D eigenvalue weighted by atomic mass is 15.4. The summed E-state index contributed by atoms with van der Waals surface area (Å²) in [7, 11) is 0. The van der Waals surface area contributed by atoms with Crippen LogP contribution in [0.1, 0.15) is 29.7 Å². The molecule has 0 radical (unpaired) electrons. The zero-order chi connectivity index (χ0) is 13.8. The van der Waals surface area contributed by atoms with Crippen molar-refractivity contribution < 1.29 is 0 Å². The quantitative estimate of drug-likeness (QED) is 0.832. The van der Waals surface area contributed by atoms with Crippen molar-refractivity contribution in [2.75, 3.05) is 11.9 Å². The van der Waals surface area contributed by atoms with Gasteiger partial charge in [-0.2, -0.15) is 5.26 Å². The molecule has 3 rings (SSSR count). The Morgan fingerprint density at radius 1 is 1.40 bits per heavy atom. The first-order valence-electron chi connectivity index (χ1n) is 6.87. The van der Waals surface area contributed by atoms with Crippen molar-refractivity contribution in [1.82, 2.24) is 20.0 Å². The van der Waals surface area contributed by atoms with Crippen LogP contribution in [0, 0.1) is 11.3 Å². The lowest BCUT2D eigenvalue weighted by Gasteiger charge is -2.09. The largest absolute Gasteiger partial charge is 0.369 e. The van der Waals surface area contributed by atoms with Crippen LogP contribution in [0.15, 0.2) is 18.5 Å². The normalized spacial score (nSPS) is 12.9. The van der Waals surface area contributed by atoms with Crippen LogP contribution in [0.25, 0.3) is 0 Å². The molecule has 0 aliphatic heterocycles. The fourth-order valence-corrected chi connectivity index (χ4v) is 2.49. The van der Waals surface area contributed by atoms with Crippen molar-refractivity contribution in [2.45, 2.75) is 32.2 Å². The van der Waals surface area contributed by atoms with E-state index in [4.69, 9.17) is 0 Å². The number of pyridine rings is 1. The van der Waals surface area contributed by atoms with Gasteiger partial charge in [0.25, 0.3) is 0 Å². The van der Waals surface area contributed by atoms with Crippen LogP contribution in [-0.2, 0) is 19.4 Å². The van der Waals surface area contributed by atoms with E-state index >= 15 is 0 Å². The Balaban J connectivity index is 1.61. The molecule has 1 aliphatic rings. The first kappa shape index (κ1) is 12.6. The van der Waals surface area contributed by atoms with Crippen LogP contribution in [0.3, 0.4) is 0 Å². The lowest BCUT2D eigenvalue weighted by Crippen LogP contribution is -2.10. The van der Waals surface area contributed by atoms with Crippen molar-refractivity contribution >= 4 is 5.82 Å². The Bertz CT molecular complexity index is 626. The summed E-state index contributed by atoms with van der Waals surface area (Å²) in [5.74, 6) is 0.715. The lowest BCUT2D eigenvalue weighted by atomic mass is 10.1. The maximum Gasteiger partial charge on any atom is 0.144 e. The SMILES string of the molecule is N#Cc1cc2c(nc1NCCCn1ccnn1)CCC2. The van der Waals surface area contributed by atoms with E-state index in [1.807, 2.05) is 12.3 Å². The summed E-state index contributed by atoms with van der Waals surface area (Å²) in [4.78, 5) is 4.59. The molecule has 0 atom stereocenters. The molecule has 102 valence electrons. The number of nitriles is 1. The number of hydrogen-bond donors (Lipinski definition) is 1. The van der Waals surface area contributed by atoms with Gasteiger partial charge in [-0.1, -0.05) is 5.21 Å². The molecule has 0 unspecified atom stereocenters. The summed E-state index contributed by atoms with van der Waals surface area (Å²) in [5, 5.41) is 20.1. The number of fused-ring (bicyclic) bond motifs is 1. The molecule has 0 aromatic carbocycles. The molecule has 20 heavy (non-hydrogen) atoms. The third kappa shape index (κ3) is 2.62. The molecule has 0 bridgehead atoms. The van der Waals surface area contributed by atoms with Crippen LogP contribution in [-0.4, -0.2) is 26.5 Å². The molecule has 0 saturated heterocycles. The Morgan fingerprint density at radius 2 is 2.35 bits per heavy atom. The van der Waals surface area contributed by atoms with Crippen molar-refractivity contribution in [3.05, 3.63) is 35.3 Å². The molecule has 0 amide bonds.